The molecule has 0 unspecified atom stereocenters. The summed E-state index contributed by atoms with van der Waals surface area (Å²) in [5.41, 5.74) is 0.894. The third kappa shape index (κ3) is 3.57. The Kier molecular flexibility index (Phi) is 6.10. The van der Waals surface area contributed by atoms with Crippen molar-refractivity contribution in [3.8, 4) is 11.5 Å². The average molecular weight is 449 g/mol. The van der Waals surface area contributed by atoms with E-state index in [-0.39, 0.29) is 5.91 Å². The van der Waals surface area contributed by atoms with E-state index in [1.807, 2.05) is 32.1 Å². The normalized spacial score (nSPS) is 16.5. The molecular formula is C15H16INO3S2. The van der Waals surface area contributed by atoms with E-state index >= 15 is 0 Å². The minimum atomic E-state index is -0.0405. The zero-order valence-electron chi connectivity index (χ0n) is 12.5. The SMILES string of the molecule is CCOc1cc(/C=C2\SC(=S)N(CC)C2=O)cc(I)c1OC. The third-order valence-electron chi connectivity index (χ3n) is 3.02. The van der Waals surface area contributed by atoms with Gasteiger partial charge in [0.1, 0.15) is 4.32 Å². The molecule has 0 aromatic heterocycles. The molecule has 0 atom stereocenters. The van der Waals surface area contributed by atoms with E-state index in [2.05, 4.69) is 22.6 Å². The fourth-order valence-corrected chi connectivity index (χ4v) is 4.29. The van der Waals surface area contributed by atoms with Gasteiger partial charge in [-0.15, -0.1) is 0 Å². The van der Waals surface area contributed by atoms with E-state index in [1.165, 1.54) is 11.8 Å². The van der Waals surface area contributed by atoms with E-state index in [0.717, 1.165) is 9.13 Å². The molecule has 0 radical (unpaired) electrons. The number of nitrogens with zero attached hydrogens (tertiary/aromatic N) is 1. The van der Waals surface area contributed by atoms with Gasteiger partial charge in [0.15, 0.2) is 11.5 Å². The fourth-order valence-electron chi connectivity index (χ4n) is 2.06. The number of thiocarbonyl (C=S) groups is 1. The Bertz CT molecular complexity index is 646. The van der Waals surface area contributed by atoms with Crippen LogP contribution in [0.1, 0.15) is 19.4 Å². The van der Waals surface area contributed by atoms with Crippen LogP contribution in [-0.4, -0.2) is 35.4 Å². The molecule has 1 aliphatic heterocycles. The number of carbonyl (C=O) groups is 1. The van der Waals surface area contributed by atoms with E-state index in [0.29, 0.717) is 33.9 Å². The number of hydrogen-bond donors (Lipinski definition) is 0. The molecule has 1 aromatic rings. The molecule has 1 aromatic carbocycles. The Labute approximate surface area is 153 Å². The number of amides is 1. The molecule has 0 bridgehead atoms. The van der Waals surface area contributed by atoms with Crippen LogP contribution in [0.25, 0.3) is 6.08 Å². The average Bonchev–Trinajstić information content (AvgIpc) is 2.73. The molecule has 118 valence electrons. The quantitative estimate of drug-likeness (QED) is 0.387. The van der Waals surface area contributed by atoms with Gasteiger partial charge in [-0.2, -0.15) is 0 Å². The molecule has 4 nitrogen and oxygen atoms in total. The largest absolute Gasteiger partial charge is 0.492 e. The number of likely N-dealkylation sites (N-methyl/N-ethyl adjacent to an activating group) is 1. The Morgan fingerprint density at radius 2 is 2.14 bits per heavy atom. The van der Waals surface area contributed by atoms with Crippen LogP contribution in [0.2, 0.25) is 0 Å². The van der Waals surface area contributed by atoms with Crippen LogP contribution < -0.4 is 9.47 Å². The first-order chi connectivity index (χ1) is 10.5. The monoisotopic (exact) mass is 449 g/mol. The molecule has 1 saturated heterocycles. The van der Waals surface area contributed by atoms with E-state index in [4.69, 9.17) is 21.7 Å². The summed E-state index contributed by atoms with van der Waals surface area (Å²) in [4.78, 5) is 14.5. The van der Waals surface area contributed by atoms with Gasteiger partial charge in [0, 0.05) is 6.54 Å². The zero-order chi connectivity index (χ0) is 16.3. The van der Waals surface area contributed by atoms with Gasteiger partial charge in [0.05, 0.1) is 22.2 Å². The van der Waals surface area contributed by atoms with Crippen molar-refractivity contribution in [3.63, 3.8) is 0 Å². The first-order valence-corrected chi connectivity index (χ1v) is 9.07. The van der Waals surface area contributed by atoms with Crippen molar-refractivity contribution < 1.29 is 14.3 Å². The van der Waals surface area contributed by atoms with Crippen LogP contribution in [0.4, 0.5) is 0 Å². The van der Waals surface area contributed by atoms with Crippen LogP contribution in [0.5, 0.6) is 11.5 Å². The molecule has 7 heteroatoms. The van der Waals surface area contributed by atoms with Crippen molar-refractivity contribution in [1.29, 1.82) is 0 Å². The lowest BCUT2D eigenvalue weighted by Crippen LogP contribution is -2.27. The molecule has 2 rings (SSSR count). The minimum Gasteiger partial charge on any atom is -0.492 e. The van der Waals surface area contributed by atoms with Crippen molar-refractivity contribution in [2.45, 2.75) is 13.8 Å². The molecule has 0 N–H and O–H groups in total. The van der Waals surface area contributed by atoms with Crippen molar-refractivity contribution in [1.82, 2.24) is 4.90 Å². The predicted molar refractivity (Wildman–Crippen MR) is 102 cm³/mol. The molecule has 1 aliphatic rings. The van der Waals surface area contributed by atoms with E-state index in [9.17, 15) is 4.79 Å². The van der Waals surface area contributed by atoms with Crippen molar-refractivity contribution in [2.24, 2.45) is 0 Å². The molecule has 0 saturated carbocycles. The Hall–Kier alpha value is -0.800. The lowest BCUT2D eigenvalue weighted by atomic mass is 10.2. The highest BCUT2D eigenvalue weighted by Gasteiger charge is 2.30. The van der Waals surface area contributed by atoms with Crippen molar-refractivity contribution in [3.05, 3.63) is 26.2 Å². The van der Waals surface area contributed by atoms with Gasteiger partial charge in [-0.1, -0.05) is 24.0 Å². The van der Waals surface area contributed by atoms with Crippen LogP contribution in [-0.2, 0) is 4.79 Å². The lowest BCUT2D eigenvalue weighted by Gasteiger charge is -2.12. The maximum atomic E-state index is 12.3. The third-order valence-corrected chi connectivity index (χ3v) is 5.20. The number of ether oxygens (including phenoxy) is 2. The topological polar surface area (TPSA) is 38.8 Å². The first kappa shape index (κ1) is 17.6. The van der Waals surface area contributed by atoms with E-state index in [1.54, 1.807) is 12.0 Å². The number of rotatable bonds is 5. The number of methoxy groups -OCH3 is 1. The molecule has 1 amide bonds. The Balaban J connectivity index is 2.40. The predicted octanol–water partition coefficient (Wildman–Crippen LogP) is 3.92. The van der Waals surface area contributed by atoms with Gasteiger partial charge in [0.2, 0.25) is 0 Å². The Morgan fingerprint density at radius 3 is 2.68 bits per heavy atom. The lowest BCUT2D eigenvalue weighted by molar-refractivity contribution is -0.121. The summed E-state index contributed by atoms with van der Waals surface area (Å²) >= 11 is 8.75. The van der Waals surface area contributed by atoms with Crippen molar-refractivity contribution in [2.75, 3.05) is 20.3 Å². The summed E-state index contributed by atoms with van der Waals surface area (Å²) in [7, 11) is 1.62. The summed E-state index contributed by atoms with van der Waals surface area (Å²) in [5.74, 6) is 1.34. The van der Waals surface area contributed by atoms with Crippen LogP contribution in [0, 0.1) is 3.57 Å². The molecule has 0 spiro atoms. The molecule has 1 fully saturated rings. The molecule has 22 heavy (non-hydrogen) atoms. The van der Waals surface area contributed by atoms with E-state index < -0.39 is 0 Å². The van der Waals surface area contributed by atoms with Gasteiger partial charge in [-0.3, -0.25) is 9.69 Å². The highest BCUT2D eigenvalue weighted by atomic mass is 127. The van der Waals surface area contributed by atoms with Gasteiger partial charge in [-0.05, 0) is 60.2 Å². The second kappa shape index (κ2) is 7.65. The summed E-state index contributed by atoms with van der Waals surface area (Å²) in [6, 6.07) is 3.84. The standard InChI is InChI=1S/C15H16INO3S2/c1-4-17-14(18)12(22-15(17)21)8-9-6-10(16)13(19-3)11(7-9)20-5-2/h6-8H,4-5H2,1-3H3/b12-8-. The first-order valence-electron chi connectivity index (χ1n) is 6.77. The smallest absolute Gasteiger partial charge is 0.266 e. The number of benzene rings is 1. The summed E-state index contributed by atoms with van der Waals surface area (Å²) in [6.45, 7) is 4.97. The van der Waals surface area contributed by atoms with Gasteiger partial charge in [0.25, 0.3) is 5.91 Å². The summed E-state index contributed by atoms with van der Waals surface area (Å²) < 4.78 is 12.5. The van der Waals surface area contributed by atoms with Crippen LogP contribution >= 0.6 is 46.6 Å². The summed E-state index contributed by atoms with van der Waals surface area (Å²) in [6.07, 6.45) is 1.85. The number of thioether (sulfide) groups is 1. The van der Waals surface area contributed by atoms with Gasteiger partial charge in [-0.25, -0.2) is 0 Å². The van der Waals surface area contributed by atoms with Gasteiger partial charge < -0.3 is 9.47 Å². The second-order valence-electron chi connectivity index (χ2n) is 4.39. The second-order valence-corrected chi connectivity index (χ2v) is 7.23. The highest BCUT2D eigenvalue weighted by molar-refractivity contribution is 14.1. The van der Waals surface area contributed by atoms with Gasteiger partial charge >= 0.3 is 0 Å². The van der Waals surface area contributed by atoms with Crippen LogP contribution in [0.15, 0.2) is 17.0 Å². The zero-order valence-corrected chi connectivity index (χ0v) is 16.3. The minimum absolute atomic E-state index is 0.0405. The fraction of sp³-hybridized carbons (Fsp3) is 0.333. The maximum absolute atomic E-state index is 12.3. The molecular weight excluding hydrogens is 433 g/mol. The number of halogens is 1. The Morgan fingerprint density at radius 1 is 1.41 bits per heavy atom. The van der Waals surface area contributed by atoms with Crippen molar-refractivity contribution >= 4 is 62.9 Å². The van der Waals surface area contributed by atoms with Crippen LogP contribution in [0.3, 0.4) is 0 Å². The number of hydrogen-bond acceptors (Lipinski definition) is 5. The highest BCUT2D eigenvalue weighted by Crippen LogP contribution is 2.37. The molecule has 0 aliphatic carbocycles. The summed E-state index contributed by atoms with van der Waals surface area (Å²) in [5, 5.41) is 0. The number of carbonyl (C=O) groups excluding carboxylic acids is 1. The molecule has 1 heterocycles. The maximum Gasteiger partial charge on any atom is 0.266 e.